The highest BCUT2D eigenvalue weighted by Crippen LogP contribution is 2.32. The topological polar surface area (TPSA) is 75.2 Å². The number of pyridine rings is 1. The van der Waals surface area contributed by atoms with E-state index >= 15 is 0 Å². The highest BCUT2D eigenvalue weighted by Gasteiger charge is 2.34. The molecule has 0 aliphatic carbocycles. The van der Waals surface area contributed by atoms with Crippen molar-refractivity contribution in [1.82, 2.24) is 9.88 Å². The van der Waals surface area contributed by atoms with Crippen molar-refractivity contribution in [3.8, 4) is 0 Å². The number of carbonyl (C=O) groups excluding carboxylic acids is 2. The van der Waals surface area contributed by atoms with Crippen molar-refractivity contribution in [2.45, 2.75) is 6.04 Å². The summed E-state index contributed by atoms with van der Waals surface area (Å²) < 4.78 is 10.3. The van der Waals surface area contributed by atoms with E-state index in [1.54, 1.807) is 47.2 Å². The van der Waals surface area contributed by atoms with E-state index in [2.05, 4.69) is 4.98 Å². The molecule has 0 bridgehead atoms. The predicted molar refractivity (Wildman–Crippen MR) is 123 cm³/mol. The van der Waals surface area contributed by atoms with Crippen LogP contribution in [0.3, 0.4) is 0 Å². The number of anilines is 2. The van der Waals surface area contributed by atoms with Gasteiger partial charge < -0.3 is 19.3 Å². The third kappa shape index (κ3) is 4.59. The zero-order chi connectivity index (χ0) is 22.8. The van der Waals surface area contributed by atoms with E-state index in [1.165, 1.54) is 0 Å². The molecule has 0 N–H and O–H groups in total. The molecule has 2 fully saturated rings. The number of hydrogen-bond acceptors (Lipinski definition) is 6. The Morgan fingerprint density at radius 1 is 1.12 bits per heavy atom. The van der Waals surface area contributed by atoms with Gasteiger partial charge in [0.15, 0.2) is 0 Å². The summed E-state index contributed by atoms with van der Waals surface area (Å²) in [5, 5.41) is 0.912. The van der Waals surface area contributed by atoms with E-state index in [1.807, 2.05) is 4.90 Å². The van der Waals surface area contributed by atoms with Gasteiger partial charge in [-0.05, 0) is 30.3 Å². The van der Waals surface area contributed by atoms with Crippen molar-refractivity contribution in [2.75, 3.05) is 56.3 Å². The van der Waals surface area contributed by atoms with Crippen LogP contribution in [0.1, 0.15) is 10.4 Å². The van der Waals surface area contributed by atoms with Crippen molar-refractivity contribution in [3.63, 3.8) is 0 Å². The van der Waals surface area contributed by atoms with Crippen LogP contribution in [-0.2, 0) is 9.47 Å². The van der Waals surface area contributed by atoms with Crippen LogP contribution in [0.15, 0.2) is 30.3 Å². The summed E-state index contributed by atoms with van der Waals surface area (Å²) in [6.07, 6.45) is -0.420. The van der Waals surface area contributed by atoms with Crippen LogP contribution in [0.2, 0.25) is 15.2 Å². The van der Waals surface area contributed by atoms with Gasteiger partial charge in [0, 0.05) is 44.5 Å². The van der Waals surface area contributed by atoms with Crippen LogP contribution < -0.4 is 9.80 Å². The Bertz CT molecular complexity index is 1010. The Morgan fingerprint density at radius 3 is 2.47 bits per heavy atom. The first kappa shape index (κ1) is 22.9. The molecule has 8 nitrogen and oxygen atoms in total. The van der Waals surface area contributed by atoms with Gasteiger partial charge in [-0.25, -0.2) is 9.78 Å². The van der Waals surface area contributed by atoms with E-state index in [4.69, 9.17) is 44.3 Å². The van der Waals surface area contributed by atoms with Crippen LogP contribution in [0.25, 0.3) is 0 Å². The summed E-state index contributed by atoms with van der Waals surface area (Å²) >= 11 is 18.2. The van der Waals surface area contributed by atoms with Crippen LogP contribution in [-0.4, -0.2) is 74.4 Å². The summed E-state index contributed by atoms with van der Waals surface area (Å²) in [6, 6.07) is 8.31. The molecule has 2 saturated heterocycles. The van der Waals surface area contributed by atoms with Crippen LogP contribution >= 0.6 is 34.8 Å². The third-order valence-electron chi connectivity index (χ3n) is 5.45. The Morgan fingerprint density at radius 2 is 1.81 bits per heavy atom. The van der Waals surface area contributed by atoms with Crippen molar-refractivity contribution < 1.29 is 19.1 Å². The first-order valence-electron chi connectivity index (χ1n) is 9.99. The normalized spacial score (nSPS) is 18.8. The highest BCUT2D eigenvalue weighted by molar-refractivity contribution is 6.42. The summed E-state index contributed by atoms with van der Waals surface area (Å²) in [4.78, 5) is 34.6. The molecule has 0 spiro atoms. The lowest BCUT2D eigenvalue weighted by Crippen LogP contribution is -2.49. The zero-order valence-electron chi connectivity index (χ0n) is 17.3. The minimum Gasteiger partial charge on any atom is -0.447 e. The molecule has 4 rings (SSSR count). The van der Waals surface area contributed by atoms with Crippen LogP contribution in [0.5, 0.6) is 0 Å². The number of nitrogens with zero attached hydrogens (tertiary/aromatic N) is 4. The standard InChI is InChI=1S/C21H21Cl3N4O4/c1-31-11-15-12-32-21(30)28(15)14-4-2-13(3-5-14)20(29)27-8-6-26(7-9-27)19-17(23)10-16(22)18(24)25-19/h2-5,10,15H,6-9,11-12H2,1H3. The number of ether oxygens (including phenoxy) is 2. The molecule has 1 unspecified atom stereocenters. The largest absolute Gasteiger partial charge is 0.447 e. The molecule has 0 saturated carbocycles. The van der Waals surface area contributed by atoms with Gasteiger partial charge in [0.25, 0.3) is 5.91 Å². The fraction of sp³-hybridized carbons (Fsp3) is 0.381. The second kappa shape index (κ2) is 9.70. The molecule has 11 heteroatoms. The zero-order valence-corrected chi connectivity index (χ0v) is 19.5. The smallest absolute Gasteiger partial charge is 0.414 e. The number of piperazine rings is 1. The third-order valence-corrected chi connectivity index (χ3v) is 6.40. The molecule has 0 radical (unpaired) electrons. The molecule has 2 amide bonds. The lowest BCUT2D eigenvalue weighted by atomic mass is 10.1. The second-order valence-corrected chi connectivity index (χ2v) is 8.62. The highest BCUT2D eigenvalue weighted by atomic mass is 35.5. The second-order valence-electron chi connectivity index (χ2n) is 7.45. The Balaban J connectivity index is 1.40. The average molecular weight is 500 g/mol. The van der Waals surface area contributed by atoms with Crippen LogP contribution in [0.4, 0.5) is 16.3 Å². The summed E-state index contributed by atoms with van der Waals surface area (Å²) in [7, 11) is 1.58. The minimum absolute atomic E-state index is 0.0816. The Hall–Kier alpha value is -2.26. The monoisotopic (exact) mass is 498 g/mol. The van der Waals surface area contributed by atoms with Gasteiger partial charge in [0.1, 0.15) is 17.6 Å². The molecular weight excluding hydrogens is 479 g/mol. The molecule has 2 aliphatic heterocycles. The molecule has 3 heterocycles. The number of rotatable bonds is 5. The van der Waals surface area contributed by atoms with Gasteiger partial charge in [-0.3, -0.25) is 9.69 Å². The molecule has 2 aromatic rings. The van der Waals surface area contributed by atoms with E-state index in [0.717, 1.165) is 0 Å². The predicted octanol–water partition coefficient (Wildman–Crippen LogP) is 3.98. The lowest BCUT2D eigenvalue weighted by molar-refractivity contribution is 0.0746. The first-order chi connectivity index (χ1) is 15.4. The average Bonchev–Trinajstić information content (AvgIpc) is 3.16. The molecule has 1 aromatic heterocycles. The minimum atomic E-state index is -0.420. The first-order valence-corrected chi connectivity index (χ1v) is 11.1. The maximum absolute atomic E-state index is 13.0. The lowest BCUT2D eigenvalue weighted by Gasteiger charge is -2.36. The van der Waals surface area contributed by atoms with Crippen LogP contribution in [0, 0.1) is 0 Å². The number of carbonyl (C=O) groups is 2. The maximum atomic E-state index is 13.0. The number of cyclic esters (lactones) is 1. The van der Waals surface area contributed by atoms with Crippen molar-refractivity contribution in [3.05, 3.63) is 51.1 Å². The van der Waals surface area contributed by atoms with E-state index in [-0.39, 0.29) is 23.7 Å². The molecule has 1 aromatic carbocycles. The molecule has 2 aliphatic rings. The van der Waals surface area contributed by atoms with Gasteiger partial charge in [-0.2, -0.15) is 0 Å². The van der Waals surface area contributed by atoms with Crippen molar-refractivity contribution >= 4 is 58.3 Å². The molecular formula is C21H21Cl3N4O4. The number of aromatic nitrogens is 1. The number of halogens is 3. The van der Waals surface area contributed by atoms with Gasteiger partial charge in [-0.1, -0.05) is 34.8 Å². The fourth-order valence-electron chi connectivity index (χ4n) is 3.82. The Labute approximate surface area is 200 Å². The van der Waals surface area contributed by atoms with Crippen molar-refractivity contribution in [1.29, 1.82) is 0 Å². The number of benzene rings is 1. The van der Waals surface area contributed by atoms with E-state index < -0.39 is 6.09 Å². The summed E-state index contributed by atoms with van der Waals surface area (Å²) in [6.45, 7) is 2.78. The molecule has 1 atom stereocenters. The Kier molecular flexibility index (Phi) is 6.95. The SMILES string of the molecule is COCC1COC(=O)N1c1ccc(C(=O)N2CCN(c3nc(Cl)c(Cl)cc3Cl)CC2)cc1. The van der Waals surface area contributed by atoms with E-state index in [9.17, 15) is 9.59 Å². The summed E-state index contributed by atoms with van der Waals surface area (Å²) in [5.41, 5.74) is 1.21. The number of hydrogen-bond donors (Lipinski definition) is 0. The number of methoxy groups -OCH3 is 1. The van der Waals surface area contributed by atoms with Gasteiger partial charge in [-0.15, -0.1) is 0 Å². The number of amides is 2. The van der Waals surface area contributed by atoms with Gasteiger partial charge in [0.05, 0.1) is 22.7 Å². The quantitative estimate of drug-likeness (QED) is 0.580. The van der Waals surface area contributed by atoms with Gasteiger partial charge in [0.2, 0.25) is 0 Å². The van der Waals surface area contributed by atoms with E-state index in [0.29, 0.717) is 59.9 Å². The molecule has 170 valence electrons. The van der Waals surface area contributed by atoms with Gasteiger partial charge >= 0.3 is 6.09 Å². The van der Waals surface area contributed by atoms with Crippen molar-refractivity contribution in [2.24, 2.45) is 0 Å². The maximum Gasteiger partial charge on any atom is 0.414 e. The summed E-state index contributed by atoms with van der Waals surface area (Å²) in [5.74, 6) is 0.475. The fourth-order valence-corrected chi connectivity index (χ4v) is 4.43. The molecule has 32 heavy (non-hydrogen) atoms.